The van der Waals surface area contributed by atoms with Crippen LogP contribution in [0.4, 0.5) is 0 Å². The van der Waals surface area contributed by atoms with Crippen molar-refractivity contribution in [1.82, 2.24) is 5.32 Å². The van der Waals surface area contributed by atoms with Crippen molar-refractivity contribution in [2.75, 3.05) is 33.8 Å². The number of quaternary nitrogens is 1. The van der Waals surface area contributed by atoms with Crippen molar-refractivity contribution in [3.05, 3.63) is 78.4 Å². The Morgan fingerprint density at radius 1 is 1.10 bits per heavy atom. The largest absolute Gasteiger partial charge is 0.497 e. The first-order valence-corrected chi connectivity index (χ1v) is 14.8. The first-order chi connectivity index (χ1) is 19.2. The number of nitrogens with zero attached hydrogens (tertiary/aromatic N) is 1. The fourth-order valence-electron chi connectivity index (χ4n) is 7.30. The van der Waals surface area contributed by atoms with Crippen LogP contribution >= 0.6 is 0 Å². The number of unbranched alkanes of at least 4 members (excludes halogenated alkanes) is 2. The summed E-state index contributed by atoms with van der Waals surface area (Å²) < 4.78 is 12.8. The number of esters is 1. The number of hydrogen-bond acceptors (Lipinski definition) is 4. The molecule has 0 bridgehead atoms. The molecule has 2 aliphatic rings. The van der Waals surface area contributed by atoms with Gasteiger partial charge in [0.1, 0.15) is 12.3 Å². The van der Waals surface area contributed by atoms with Crippen molar-refractivity contribution >= 4 is 11.9 Å². The van der Waals surface area contributed by atoms with E-state index in [4.69, 9.17) is 9.47 Å². The Labute approximate surface area is 240 Å². The number of likely N-dealkylation sites (tertiary alicyclic amines) is 1. The number of benzene rings is 2. The average molecular weight is 548 g/mol. The Hall–Kier alpha value is -3.12. The van der Waals surface area contributed by atoms with Gasteiger partial charge in [0.25, 0.3) is 0 Å². The molecule has 0 radical (unpaired) electrons. The van der Waals surface area contributed by atoms with Gasteiger partial charge in [-0.1, -0.05) is 55.5 Å². The molecule has 2 aromatic carbocycles. The third-order valence-corrected chi connectivity index (χ3v) is 9.19. The minimum Gasteiger partial charge on any atom is -0.497 e. The SMILES string of the molecule is C=CC[N@@+]1(C)CC[C@@]2(c3cccc(OC)c3)C[C@H](NC(=O)CCCCCc3ccccc3)CCC2(OC(C)=O)C1. The number of piperidine rings is 1. The summed E-state index contributed by atoms with van der Waals surface area (Å²) in [6, 6.07) is 18.8. The van der Waals surface area contributed by atoms with Crippen LogP contribution in [0.5, 0.6) is 5.75 Å². The summed E-state index contributed by atoms with van der Waals surface area (Å²) >= 11 is 0. The second kappa shape index (κ2) is 13.0. The van der Waals surface area contributed by atoms with E-state index in [2.05, 4.69) is 55.3 Å². The van der Waals surface area contributed by atoms with Crippen molar-refractivity contribution in [3.8, 4) is 5.75 Å². The molecular weight excluding hydrogens is 500 g/mol. The van der Waals surface area contributed by atoms with E-state index < -0.39 is 11.0 Å². The van der Waals surface area contributed by atoms with E-state index in [1.165, 1.54) is 12.5 Å². The van der Waals surface area contributed by atoms with Gasteiger partial charge < -0.3 is 19.3 Å². The van der Waals surface area contributed by atoms with Crippen LogP contribution in [0.25, 0.3) is 0 Å². The molecule has 1 heterocycles. The molecule has 4 rings (SSSR count). The van der Waals surface area contributed by atoms with E-state index in [9.17, 15) is 9.59 Å². The summed E-state index contributed by atoms with van der Waals surface area (Å²) in [5.74, 6) is 0.657. The molecule has 6 nitrogen and oxygen atoms in total. The lowest BCUT2D eigenvalue weighted by molar-refractivity contribution is -0.917. The highest BCUT2D eigenvalue weighted by Crippen LogP contribution is 2.55. The Bertz CT molecular complexity index is 1170. The standard InChI is InChI=1S/C34H46N2O4/c1-5-22-36(3)23-21-33(29-16-12-17-31(24-29)39-4)25-30(19-20-34(33,26-36)40-27(2)37)35-32(38)18-11-7-10-15-28-13-8-6-9-14-28/h5-6,8-9,12-14,16-17,24,30H,1,7,10-11,15,18-23,25-26H2,2-4H3/p+1/t30-,33+,34?,36+/m1/s1. The van der Waals surface area contributed by atoms with Crippen molar-refractivity contribution in [2.24, 2.45) is 0 Å². The van der Waals surface area contributed by atoms with Gasteiger partial charge in [0.15, 0.2) is 5.60 Å². The Morgan fingerprint density at radius 2 is 1.90 bits per heavy atom. The first kappa shape index (κ1) is 29.9. The molecule has 1 aliphatic carbocycles. The zero-order valence-corrected chi connectivity index (χ0v) is 24.6. The van der Waals surface area contributed by atoms with Gasteiger partial charge >= 0.3 is 5.97 Å². The van der Waals surface area contributed by atoms with E-state index in [0.29, 0.717) is 12.8 Å². The summed E-state index contributed by atoms with van der Waals surface area (Å²) in [7, 11) is 3.91. The lowest BCUT2D eigenvalue weighted by atomic mass is 9.54. The fraction of sp³-hybridized carbons (Fsp3) is 0.529. The number of likely N-dealkylation sites (N-methyl/N-ethyl adjacent to an activating group) is 1. The molecule has 1 N–H and O–H groups in total. The molecule has 6 heteroatoms. The third kappa shape index (κ3) is 6.77. The molecular formula is C34H47N2O4+. The molecule has 40 heavy (non-hydrogen) atoms. The lowest BCUT2D eigenvalue weighted by Gasteiger charge is -2.60. The maximum Gasteiger partial charge on any atom is 0.303 e. The van der Waals surface area contributed by atoms with Gasteiger partial charge in [0, 0.05) is 31.2 Å². The monoisotopic (exact) mass is 547 g/mol. The summed E-state index contributed by atoms with van der Waals surface area (Å²) in [4.78, 5) is 25.7. The maximum atomic E-state index is 13.1. The number of methoxy groups -OCH3 is 1. The number of fused-ring (bicyclic) bond motifs is 1. The van der Waals surface area contributed by atoms with Crippen LogP contribution in [0.15, 0.2) is 67.3 Å². The molecule has 2 fully saturated rings. The molecule has 4 atom stereocenters. The van der Waals surface area contributed by atoms with Gasteiger partial charge in [0.2, 0.25) is 5.91 Å². The third-order valence-electron chi connectivity index (χ3n) is 9.19. The van der Waals surface area contributed by atoms with Gasteiger partial charge in [-0.05, 0) is 67.9 Å². The summed E-state index contributed by atoms with van der Waals surface area (Å²) in [6.45, 7) is 7.99. The predicted molar refractivity (Wildman–Crippen MR) is 159 cm³/mol. The second-order valence-corrected chi connectivity index (χ2v) is 12.2. The zero-order valence-electron chi connectivity index (χ0n) is 24.6. The lowest BCUT2D eigenvalue weighted by Crippen LogP contribution is -2.72. The van der Waals surface area contributed by atoms with Crippen LogP contribution in [0.2, 0.25) is 0 Å². The summed E-state index contributed by atoms with van der Waals surface area (Å²) in [5.41, 5.74) is 1.39. The number of rotatable bonds is 12. The molecule has 216 valence electrons. The molecule has 1 amide bonds. The van der Waals surface area contributed by atoms with E-state index >= 15 is 0 Å². The minimum atomic E-state index is -0.667. The number of aryl methyl sites for hydroxylation is 1. The Balaban J connectivity index is 1.49. The quantitative estimate of drug-likeness (QED) is 0.159. The highest BCUT2D eigenvalue weighted by molar-refractivity contribution is 5.76. The van der Waals surface area contributed by atoms with Gasteiger partial charge in [-0.2, -0.15) is 0 Å². The van der Waals surface area contributed by atoms with Crippen LogP contribution in [0, 0.1) is 0 Å². The van der Waals surface area contributed by atoms with E-state index in [1.807, 2.05) is 24.3 Å². The molecule has 0 spiro atoms. The van der Waals surface area contributed by atoms with Gasteiger partial charge in [0.05, 0.1) is 27.2 Å². The van der Waals surface area contributed by atoms with E-state index in [0.717, 1.165) is 80.4 Å². The van der Waals surface area contributed by atoms with E-state index in [1.54, 1.807) is 7.11 Å². The minimum absolute atomic E-state index is 0.0305. The van der Waals surface area contributed by atoms with Crippen molar-refractivity contribution < 1.29 is 23.5 Å². The van der Waals surface area contributed by atoms with Crippen LogP contribution in [0.1, 0.15) is 69.4 Å². The number of hydrogen-bond donors (Lipinski definition) is 1. The molecule has 1 aliphatic heterocycles. The number of amides is 1. The van der Waals surface area contributed by atoms with Gasteiger partial charge in [-0.15, -0.1) is 0 Å². The number of ether oxygens (including phenoxy) is 2. The van der Waals surface area contributed by atoms with Crippen LogP contribution in [-0.4, -0.2) is 61.8 Å². The number of carbonyl (C=O) groups is 2. The molecule has 1 saturated carbocycles. The Morgan fingerprint density at radius 3 is 2.62 bits per heavy atom. The first-order valence-electron chi connectivity index (χ1n) is 14.8. The van der Waals surface area contributed by atoms with Gasteiger partial charge in [-0.3, -0.25) is 9.59 Å². The highest BCUT2D eigenvalue weighted by Gasteiger charge is 2.64. The van der Waals surface area contributed by atoms with Crippen molar-refractivity contribution in [1.29, 1.82) is 0 Å². The smallest absolute Gasteiger partial charge is 0.303 e. The van der Waals surface area contributed by atoms with Gasteiger partial charge in [-0.25, -0.2) is 0 Å². The zero-order chi connectivity index (χ0) is 28.6. The average Bonchev–Trinajstić information content (AvgIpc) is 2.93. The number of nitrogens with one attached hydrogen (secondary N) is 1. The van der Waals surface area contributed by atoms with Crippen LogP contribution in [-0.2, 0) is 26.2 Å². The van der Waals surface area contributed by atoms with Crippen molar-refractivity contribution in [3.63, 3.8) is 0 Å². The fourth-order valence-corrected chi connectivity index (χ4v) is 7.30. The van der Waals surface area contributed by atoms with Crippen LogP contribution < -0.4 is 10.1 Å². The van der Waals surface area contributed by atoms with Crippen LogP contribution in [0.3, 0.4) is 0 Å². The van der Waals surface area contributed by atoms with E-state index in [-0.39, 0.29) is 17.9 Å². The molecule has 1 unspecified atom stereocenters. The van der Waals surface area contributed by atoms with Crippen molar-refractivity contribution in [2.45, 2.75) is 81.8 Å². The summed E-state index contributed by atoms with van der Waals surface area (Å²) in [6.07, 6.45) is 9.65. The normalized spacial score (nSPS) is 27.7. The predicted octanol–water partition coefficient (Wildman–Crippen LogP) is 5.74. The Kier molecular flexibility index (Phi) is 9.72. The number of carbonyl (C=O) groups excluding carboxylic acids is 2. The maximum absolute atomic E-state index is 13.1. The highest BCUT2D eigenvalue weighted by atomic mass is 16.6. The molecule has 2 aromatic rings. The molecule has 0 aromatic heterocycles. The topological polar surface area (TPSA) is 64.6 Å². The summed E-state index contributed by atoms with van der Waals surface area (Å²) in [5, 5.41) is 3.37. The second-order valence-electron chi connectivity index (χ2n) is 12.2. The molecule has 1 saturated heterocycles.